The molecule has 1 aromatic carbocycles. The minimum Gasteiger partial charge on any atom is -0.299 e. The molecule has 1 aromatic rings. The second kappa shape index (κ2) is 5.11. The highest BCUT2D eigenvalue weighted by atomic mass is 16.1. The van der Waals surface area contributed by atoms with Crippen LogP contribution in [0.15, 0.2) is 30.3 Å². The molecule has 0 aliphatic carbocycles. The number of carbonyl (C=O) groups is 1. The van der Waals surface area contributed by atoms with Gasteiger partial charge >= 0.3 is 0 Å². The summed E-state index contributed by atoms with van der Waals surface area (Å²) in [5, 5.41) is 0. The molecule has 0 unspecified atom stereocenters. The lowest BCUT2D eigenvalue weighted by atomic mass is 9.81. The van der Waals surface area contributed by atoms with Gasteiger partial charge in [0.05, 0.1) is 0 Å². The fraction of sp³-hybridized carbons (Fsp3) is 0.500. The van der Waals surface area contributed by atoms with Crippen molar-refractivity contribution in [2.75, 3.05) is 0 Å². The zero-order valence-electron chi connectivity index (χ0n) is 9.92. The van der Waals surface area contributed by atoms with Gasteiger partial charge in [0.25, 0.3) is 0 Å². The summed E-state index contributed by atoms with van der Waals surface area (Å²) in [4.78, 5) is 11.7. The maximum atomic E-state index is 11.7. The predicted octanol–water partition coefficient (Wildman–Crippen LogP) is 3.62. The van der Waals surface area contributed by atoms with Crippen LogP contribution in [-0.2, 0) is 11.2 Å². The molecule has 1 rings (SSSR count). The van der Waals surface area contributed by atoms with Crippen molar-refractivity contribution in [2.24, 2.45) is 5.41 Å². The van der Waals surface area contributed by atoms with E-state index in [4.69, 9.17) is 0 Å². The Morgan fingerprint density at radius 3 is 2.33 bits per heavy atom. The lowest BCUT2D eigenvalue weighted by molar-refractivity contribution is -0.127. The Bertz CT molecular complexity index is 311. The summed E-state index contributed by atoms with van der Waals surface area (Å²) < 4.78 is 0. The molecule has 0 aliphatic heterocycles. The first kappa shape index (κ1) is 12.0. The number of hydrogen-bond acceptors (Lipinski definition) is 1. The second-order valence-corrected chi connectivity index (χ2v) is 4.65. The van der Waals surface area contributed by atoms with Gasteiger partial charge in [-0.15, -0.1) is 0 Å². The lowest BCUT2D eigenvalue weighted by Gasteiger charge is -2.22. The first-order valence-corrected chi connectivity index (χ1v) is 5.63. The van der Waals surface area contributed by atoms with Crippen molar-refractivity contribution >= 4 is 5.78 Å². The van der Waals surface area contributed by atoms with E-state index >= 15 is 0 Å². The fourth-order valence-corrected chi connectivity index (χ4v) is 1.72. The minimum absolute atomic E-state index is 0.176. The summed E-state index contributed by atoms with van der Waals surface area (Å²) in [6.45, 7) is 6.02. The average Bonchev–Trinajstić information content (AvgIpc) is 2.27. The molecule has 0 aromatic heterocycles. The number of hydrogen-bond donors (Lipinski definition) is 0. The van der Waals surface area contributed by atoms with Gasteiger partial charge in [0.15, 0.2) is 0 Å². The molecule has 0 radical (unpaired) electrons. The van der Waals surface area contributed by atoms with E-state index < -0.39 is 0 Å². The molecular formula is C14H20O. The molecule has 0 bridgehead atoms. The molecule has 0 spiro atoms. The molecule has 15 heavy (non-hydrogen) atoms. The zero-order chi connectivity index (χ0) is 11.3. The van der Waals surface area contributed by atoms with E-state index in [1.165, 1.54) is 5.56 Å². The van der Waals surface area contributed by atoms with E-state index in [1.54, 1.807) is 0 Å². The Morgan fingerprint density at radius 2 is 1.80 bits per heavy atom. The van der Waals surface area contributed by atoms with Crippen LogP contribution < -0.4 is 0 Å². The third kappa shape index (κ3) is 3.50. The molecular weight excluding hydrogens is 184 g/mol. The maximum Gasteiger partial charge on any atom is 0.138 e. The van der Waals surface area contributed by atoms with Crippen LogP contribution in [0.25, 0.3) is 0 Å². The molecule has 0 heterocycles. The monoisotopic (exact) mass is 204 g/mol. The van der Waals surface area contributed by atoms with E-state index in [0.717, 1.165) is 12.8 Å². The highest BCUT2D eigenvalue weighted by Crippen LogP contribution is 2.25. The largest absolute Gasteiger partial charge is 0.299 e. The first-order valence-electron chi connectivity index (χ1n) is 5.63. The summed E-state index contributed by atoms with van der Waals surface area (Å²) in [5.74, 6) is 0.360. The molecule has 0 atom stereocenters. The summed E-state index contributed by atoms with van der Waals surface area (Å²) in [5.41, 5.74) is 1.14. The Kier molecular flexibility index (Phi) is 4.07. The van der Waals surface area contributed by atoms with Crippen LogP contribution in [0, 0.1) is 5.41 Å². The number of benzene rings is 1. The summed E-state index contributed by atoms with van der Waals surface area (Å²) in [6.07, 6.45) is 2.56. The molecule has 0 fully saturated rings. The van der Waals surface area contributed by atoms with E-state index in [0.29, 0.717) is 12.2 Å². The van der Waals surface area contributed by atoms with Gasteiger partial charge in [0, 0.05) is 11.8 Å². The lowest BCUT2D eigenvalue weighted by Crippen LogP contribution is -2.24. The Morgan fingerprint density at radius 1 is 1.20 bits per heavy atom. The predicted molar refractivity (Wildman–Crippen MR) is 63.8 cm³/mol. The van der Waals surface area contributed by atoms with Crippen molar-refractivity contribution < 1.29 is 4.79 Å². The van der Waals surface area contributed by atoms with Gasteiger partial charge in [-0.1, -0.05) is 51.1 Å². The van der Waals surface area contributed by atoms with Crippen LogP contribution in [0.2, 0.25) is 0 Å². The molecule has 0 aliphatic rings. The van der Waals surface area contributed by atoms with E-state index in [2.05, 4.69) is 12.1 Å². The Labute approximate surface area is 92.5 Å². The van der Waals surface area contributed by atoms with Crippen molar-refractivity contribution in [2.45, 2.75) is 40.0 Å². The van der Waals surface area contributed by atoms with Gasteiger partial charge in [-0.25, -0.2) is 0 Å². The second-order valence-electron chi connectivity index (χ2n) is 4.65. The zero-order valence-corrected chi connectivity index (χ0v) is 9.92. The molecule has 1 nitrogen and oxygen atoms in total. The van der Waals surface area contributed by atoms with E-state index in [-0.39, 0.29) is 5.41 Å². The molecule has 82 valence electrons. The van der Waals surface area contributed by atoms with E-state index in [1.807, 2.05) is 39.0 Å². The highest BCUT2D eigenvalue weighted by molar-refractivity contribution is 5.83. The van der Waals surface area contributed by atoms with Crippen molar-refractivity contribution in [3.63, 3.8) is 0 Å². The van der Waals surface area contributed by atoms with Gasteiger partial charge in [0.2, 0.25) is 0 Å². The van der Waals surface area contributed by atoms with Gasteiger partial charge in [-0.05, 0) is 18.4 Å². The van der Waals surface area contributed by atoms with Gasteiger partial charge in [0.1, 0.15) is 5.78 Å². The van der Waals surface area contributed by atoms with Crippen molar-refractivity contribution in [1.82, 2.24) is 0 Å². The molecule has 0 saturated carbocycles. The highest BCUT2D eigenvalue weighted by Gasteiger charge is 2.24. The topological polar surface area (TPSA) is 17.1 Å². The van der Waals surface area contributed by atoms with Crippen molar-refractivity contribution in [3.8, 4) is 0 Å². The van der Waals surface area contributed by atoms with Crippen LogP contribution in [0.5, 0.6) is 0 Å². The summed E-state index contributed by atoms with van der Waals surface area (Å²) in [6, 6.07) is 10.3. The average molecular weight is 204 g/mol. The van der Waals surface area contributed by atoms with Crippen LogP contribution in [-0.4, -0.2) is 5.78 Å². The standard InChI is InChI=1S/C14H20O/c1-4-13(15)14(2,3)11-10-12-8-6-5-7-9-12/h5-9H,4,10-11H2,1-3H3. The smallest absolute Gasteiger partial charge is 0.138 e. The molecule has 1 heteroatoms. The summed E-state index contributed by atoms with van der Waals surface area (Å²) in [7, 11) is 0. The number of rotatable bonds is 5. The quantitative estimate of drug-likeness (QED) is 0.716. The number of ketones is 1. The number of carbonyl (C=O) groups excluding carboxylic acids is 1. The Balaban J connectivity index is 2.53. The van der Waals surface area contributed by atoms with Gasteiger partial charge in [-0.3, -0.25) is 4.79 Å². The van der Waals surface area contributed by atoms with Crippen LogP contribution in [0.1, 0.15) is 39.2 Å². The molecule has 0 saturated heterocycles. The normalized spacial score (nSPS) is 11.4. The number of Topliss-reactive ketones (excluding diaryl/α,β-unsaturated/α-hetero) is 1. The Hall–Kier alpha value is -1.11. The van der Waals surface area contributed by atoms with Crippen molar-refractivity contribution in [3.05, 3.63) is 35.9 Å². The molecule has 0 amide bonds. The first-order chi connectivity index (χ1) is 7.06. The van der Waals surface area contributed by atoms with Crippen molar-refractivity contribution in [1.29, 1.82) is 0 Å². The fourth-order valence-electron chi connectivity index (χ4n) is 1.72. The van der Waals surface area contributed by atoms with Gasteiger partial charge < -0.3 is 0 Å². The number of aryl methyl sites for hydroxylation is 1. The SMILES string of the molecule is CCC(=O)C(C)(C)CCc1ccccc1. The summed E-state index contributed by atoms with van der Waals surface area (Å²) >= 11 is 0. The van der Waals surface area contributed by atoms with Crippen LogP contribution in [0.4, 0.5) is 0 Å². The van der Waals surface area contributed by atoms with Crippen LogP contribution >= 0.6 is 0 Å². The van der Waals surface area contributed by atoms with Gasteiger partial charge in [-0.2, -0.15) is 0 Å². The minimum atomic E-state index is -0.176. The molecule has 0 N–H and O–H groups in total. The maximum absolute atomic E-state index is 11.7. The third-order valence-corrected chi connectivity index (χ3v) is 2.96. The van der Waals surface area contributed by atoms with E-state index in [9.17, 15) is 4.79 Å². The van der Waals surface area contributed by atoms with Crippen LogP contribution in [0.3, 0.4) is 0 Å². The third-order valence-electron chi connectivity index (χ3n) is 2.96.